The lowest BCUT2D eigenvalue weighted by molar-refractivity contribution is 0.209. The molecule has 2 unspecified atom stereocenters. The van der Waals surface area contributed by atoms with Gasteiger partial charge in [-0.15, -0.1) is 0 Å². The van der Waals surface area contributed by atoms with Crippen LogP contribution in [0.25, 0.3) is 0 Å². The number of halogens is 1. The van der Waals surface area contributed by atoms with Gasteiger partial charge in [0, 0.05) is 10.9 Å². The van der Waals surface area contributed by atoms with E-state index in [1.807, 2.05) is 0 Å². The Balaban J connectivity index is 2.41. The Morgan fingerprint density at radius 1 is 1.56 bits per heavy atom. The number of nitrogens with zero attached hydrogens (tertiary/aromatic N) is 1. The van der Waals surface area contributed by atoms with Crippen LogP contribution in [-0.2, 0) is 0 Å². The first kappa shape index (κ1) is 7.55. The van der Waals surface area contributed by atoms with Crippen molar-refractivity contribution < 1.29 is 0 Å². The highest BCUT2D eigenvalue weighted by atomic mass is 79.9. The van der Waals surface area contributed by atoms with Gasteiger partial charge in [-0.25, -0.2) is 0 Å². The third kappa shape index (κ3) is 1.68. The van der Waals surface area contributed by atoms with Crippen LogP contribution < -0.4 is 0 Å². The van der Waals surface area contributed by atoms with Gasteiger partial charge in [0.2, 0.25) is 0 Å². The second-order valence-electron chi connectivity index (χ2n) is 2.88. The summed E-state index contributed by atoms with van der Waals surface area (Å²) in [5.74, 6) is 0. The summed E-state index contributed by atoms with van der Waals surface area (Å²) in [6.07, 6.45) is 2.68. The molecular formula is C7H14BrN. The van der Waals surface area contributed by atoms with Gasteiger partial charge in [0.15, 0.2) is 0 Å². The van der Waals surface area contributed by atoms with E-state index in [9.17, 15) is 0 Å². The summed E-state index contributed by atoms with van der Waals surface area (Å²) in [5, 5.41) is 0. The molecule has 0 N–H and O–H groups in total. The third-order valence-corrected chi connectivity index (χ3v) is 3.43. The van der Waals surface area contributed by atoms with E-state index in [1.165, 1.54) is 19.4 Å². The molecule has 0 bridgehead atoms. The van der Waals surface area contributed by atoms with E-state index in [1.54, 1.807) is 0 Å². The van der Waals surface area contributed by atoms with Gasteiger partial charge in [0.1, 0.15) is 0 Å². The van der Waals surface area contributed by atoms with E-state index in [2.05, 4.69) is 34.8 Å². The molecule has 1 aliphatic rings. The lowest BCUT2D eigenvalue weighted by Gasteiger charge is -2.33. The highest BCUT2D eigenvalue weighted by Gasteiger charge is 2.22. The molecule has 0 aromatic heterocycles. The number of likely N-dealkylation sites (tertiary alicyclic amines) is 1. The van der Waals surface area contributed by atoms with Gasteiger partial charge in [-0.05, 0) is 33.4 Å². The maximum atomic E-state index is 3.65. The fourth-order valence-electron chi connectivity index (χ4n) is 1.26. The standard InChI is InChI=1S/C7H14BrN/c1-6-7(8)4-3-5-9(6)2/h6-7H,3-5H2,1-2H3. The van der Waals surface area contributed by atoms with Gasteiger partial charge >= 0.3 is 0 Å². The smallest absolute Gasteiger partial charge is 0.0299 e. The normalized spacial score (nSPS) is 39.0. The molecule has 0 aromatic carbocycles. The number of rotatable bonds is 0. The lowest BCUT2D eigenvalue weighted by atomic mass is 10.1. The predicted molar refractivity (Wildman–Crippen MR) is 44.0 cm³/mol. The Morgan fingerprint density at radius 2 is 2.22 bits per heavy atom. The molecule has 0 saturated carbocycles. The fourth-order valence-corrected chi connectivity index (χ4v) is 1.98. The Labute approximate surface area is 65.6 Å². The number of hydrogen-bond donors (Lipinski definition) is 0. The summed E-state index contributed by atoms with van der Waals surface area (Å²) in [5.41, 5.74) is 0. The average molecular weight is 192 g/mol. The molecule has 0 amide bonds. The Bertz CT molecular complexity index is 84.9. The largest absolute Gasteiger partial charge is 0.303 e. The van der Waals surface area contributed by atoms with Crippen LogP contribution in [0.15, 0.2) is 0 Å². The van der Waals surface area contributed by atoms with E-state index in [-0.39, 0.29) is 0 Å². The van der Waals surface area contributed by atoms with Crippen molar-refractivity contribution in [1.29, 1.82) is 0 Å². The quantitative estimate of drug-likeness (QED) is 0.529. The summed E-state index contributed by atoms with van der Waals surface area (Å²) in [7, 11) is 2.19. The van der Waals surface area contributed by atoms with E-state index in [4.69, 9.17) is 0 Å². The lowest BCUT2D eigenvalue weighted by Crippen LogP contribution is -2.40. The molecule has 0 spiro atoms. The first-order chi connectivity index (χ1) is 4.22. The van der Waals surface area contributed by atoms with Crippen molar-refractivity contribution >= 4 is 15.9 Å². The van der Waals surface area contributed by atoms with Crippen molar-refractivity contribution in [1.82, 2.24) is 4.90 Å². The molecule has 1 fully saturated rings. The third-order valence-electron chi connectivity index (χ3n) is 2.21. The molecule has 1 heterocycles. The minimum absolute atomic E-state index is 0.719. The molecule has 2 heteroatoms. The molecule has 1 saturated heterocycles. The van der Waals surface area contributed by atoms with Crippen molar-refractivity contribution in [3.63, 3.8) is 0 Å². The van der Waals surface area contributed by atoms with Gasteiger partial charge in [0.05, 0.1) is 0 Å². The summed E-state index contributed by atoms with van der Waals surface area (Å²) < 4.78 is 0. The van der Waals surface area contributed by atoms with Crippen LogP contribution in [-0.4, -0.2) is 29.4 Å². The van der Waals surface area contributed by atoms with Gasteiger partial charge < -0.3 is 4.90 Å². The zero-order chi connectivity index (χ0) is 6.85. The van der Waals surface area contributed by atoms with Crippen LogP contribution in [0.3, 0.4) is 0 Å². The van der Waals surface area contributed by atoms with Gasteiger partial charge in [0.25, 0.3) is 0 Å². The second kappa shape index (κ2) is 3.02. The van der Waals surface area contributed by atoms with Crippen LogP contribution in [0.1, 0.15) is 19.8 Å². The molecule has 1 rings (SSSR count). The molecule has 0 aliphatic carbocycles. The van der Waals surface area contributed by atoms with Crippen molar-refractivity contribution in [3.8, 4) is 0 Å². The van der Waals surface area contributed by atoms with E-state index in [0.29, 0.717) is 0 Å². The molecule has 0 radical (unpaired) electrons. The van der Waals surface area contributed by atoms with Crippen molar-refractivity contribution in [2.75, 3.05) is 13.6 Å². The molecule has 1 aliphatic heterocycles. The van der Waals surface area contributed by atoms with E-state index < -0.39 is 0 Å². The predicted octanol–water partition coefficient (Wildman–Crippen LogP) is 1.86. The fraction of sp³-hybridized carbons (Fsp3) is 1.00. The summed E-state index contributed by atoms with van der Waals surface area (Å²) in [6.45, 7) is 3.54. The van der Waals surface area contributed by atoms with Gasteiger partial charge in [-0.1, -0.05) is 15.9 Å². The molecular weight excluding hydrogens is 178 g/mol. The topological polar surface area (TPSA) is 3.24 Å². The maximum absolute atomic E-state index is 3.65. The second-order valence-corrected chi connectivity index (χ2v) is 4.06. The summed E-state index contributed by atoms with van der Waals surface area (Å²) >= 11 is 3.65. The van der Waals surface area contributed by atoms with E-state index >= 15 is 0 Å². The molecule has 1 nitrogen and oxygen atoms in total. The van der Waals surface area contributed by atoms with Crippen molar-refractivity contribution in [2.24, 2.45) is 0 Å². The number of hydrogen-bond acceptors (Lipinski definition) is 1. The molecule has 2 atom stereocenters. The zero-order valence-electron chi connectivity index (χ0n) is 6.10. The highest BCUT2D eigenvalue weighted by molar-refractivity contribution is 9.09. The first-order valence-electron chi connectivity index (χ1n) is 3.56. The SMILES string of the molecule is CC1C(Br)CCCN1C. The van der Waals surface area contributed by atoms with Gasteiger partial charge in [-0.3, -0.25) is 0 Å². The molecule has 9 heavy (non-hydrogen) atoms. The highest BCUT2D eigenvalue weighted by Crippen LogP contribution is 2.21. The Morgan fingerprint density at radius 3 is 2.67 bits per heavy atom. The minimum atomic E-state index is 0.719. The van der Waals surface area contributed by atoms with Crippen molar-refractivity contribution in [3.05, 3.63) is 0 Å². The monoisotopic (exact) mass is 191 g/mol. The zero-order valence-corrected chi connectivity index (χ0v) is 7.69. The van der Waals surface area contributed by atoms with Crippen LogP contribution in [0.5, 0.6) is 0 Å². The maximum Gasteiger partial charge on any atom is 0.0299 e. The molecule has 54 valence electrons. The minimum Gasteiger partial charge on any atom is -0.303 e. The van der Waals surface area contributed by atoms with Crippen molar-refractivity contribution in [2.45, 2.75) is 30.6 Å². The summed E-state index contributed by atoms with van der Waals surface area (Å²) in [6, 6.07) is 0.721. The van der Waals surface area contributed by atoms with Gasteiger partial charge in [-0.2, -0.15) is 0 Å². The van der Waals surface area contributed by atoms with E-state index in [0.717, 1.165) is 10.9 Å². The Hall–Kier alpha value is 0.440. The van der Waals surface area contributed by atoms with Crippen LogP contribution in [0, 0.1) is 0 Å². The van der Waals surface area contributed by atoms with Crippen LogP contribution in [0.2, 0.25) is 0 Å². The number of alkyl halides is 1. The summed E-state index contributed by atoms with van der Waals surface area (Å²) in [4.78, 5) is 3.12. The molecule has 0 aromatic rings. The van der Waals surface area contributed by atoms with Crippen LogP contribution in [0.4, 0.5) is 0 Å². The first-order valence-corrected chi connectivity index (χ1v) is 4.47. The number of piperidine rings is 1. The van der Waals surface area contributed by atoms with Crippen LogP contribution >= 0.6 is 15.9 Å². The Kier molecular flexibility index (Phi) is 2.53. The average Bonchev–Trinajstić information content (AvgIpc) is 1.83.